The van der Waals surface area contributed by atoms with Crippen LogP contribution in [0.15, 0.2) is 33.9 Å². The van der Waals surface area contributed by atoms with Crippen molar-refractivity contribution in [1.82, 2.24) is 20.0 Å². The SMILES string of the molecule is Cl.O=C(CCn1[nH]c(=O)c2ccccc2c1=O)N1CCCNCC1. The van der Waals surface area contributed by atoms with Crippen LogP contribution in [-0.2, 0) is 11.3 Å². The first-order valence-corrected chi connectivity index (χ1v) is 7.87. The first-order valence-electron chi connectivity index (χ1n) is 7.87. The van der Waals surface area contributed by atoms with Crippen molar-refractivity contribution in [3.63, 3.8) is 0 Å². The summed E-state index contributed by atoms with van der Waals surface area (Å²) < 4.78 is 1.23. The molecule has 1 amide bonds. The van der Waals surface area contributed by atoms with Crippen LogP contribution in [0.3, 0.4) is 0 Å². The summed E-state index contributed by atoms with van der Waals surface area (Å²) in [6.07, 6.45) is 1.13. The molecule has 7 nitrogen and oxygen atoms in total. The van der Waals surface area contributed by atoms with Crippen LogP contribution in [0.4, 0.5) is 0 Å². The number of benzene rings is 1. The normalized spacial score (nSPS) is 14.9. The Kier molecular flexibility index (Phi) is 6.16. The second-order valence-electron chi connectivity index (χ2n) is 5.68. The van der Waals surface area contributed by atoms with E-state index >= 15 is 0 Å². The Hall–Kier alpha value is -2.12. The van der Waals surface area contributed by atoms with Crippen molar-refractivity contribution in [2.45, 2.75) is 19.4 Å². The third kappa shape index (κ3) is 3.85. The van der Waals surface area contributed by atoms with Crippen molar-refractivity contribution in [3.8, 4) is 0 Å². The van der Waals surface area contributed by atoms with E-state index in [0.717, 1.165) is 26.1 Å². The Morgan fingerprint density at radius 3 is 2.62 bits per heavy atom. The number of aryl methyl sites for hydroxylation is 1. The number of fused-ring (bicyclic) bond motifs is 1. The molecule has 2 heterocycles. The molecule has 0 spiro atoms. The predicted octanol–water partition coefficient (Wildman–Crippen LogP) is 0.324. The molecule has 1 aromatic carbocycles. The van der Waals surface area contributed by atoms with Gasteiger partial charge in [-0.2, -0.15) is 0 Å². The molecule has 1 saturated heterocycles. The van der Waals surface area contributed by atoms with Crippen LogP contribution in [0.5, 0.6) is 0 Å². The lowest BCUT2D eigenvalue weighted by Gasteiger charge is -2.20. The second-order valence-corrected chi connectivity index (χ2v) is 5.68. The van der Waals surface area contributed by atoms with E-state index in [-0.39, 0.29) is 42.4 Å². The lowest BCUT2D eigenvalue weighted by Crippen LogP contribution is -2.36. The monoisotopic (exact) mass is 352 g/mol. The zero-order valence-corrected chi connectivity index (χ0v) is 14.1. The van der Waals surface area contributed by atoms with E-state index in [1.807, 2.05) is 4.90 Å². The number of hydrogen-bond donors (Lipinski definition) is 2. The van der Waals surface area contributed by atoms with Crippen LogP contribution >= 0.6 is 12.4 Å². The maximum absolute atomic E-state index is 12.4. The molecule has 0 atom stereocenters. The summed E-state index contributed by atoms with van der Waals surface area (Å²) in [6, 6.07) is 6.70. The Bertz CT molecular complexity index is 822. The van der Waals surface area contributed by atoms with Crippen molar-refractivity contribution in [1.29, 1.82) is 0 Å². The number of H-pyrrole nitrogens is 1. The van der Waals surface area contributed by atoms with Gasteiger partial charge in [0.05, 0.1) is 17.3 Å². The summed E-state index contributed by atoms with van der Waals surface area (Å²) in [5.74, 6) is 0.00890. The highest BCUT2D eigenvalue weighted by Crippen LogP contribution is 2.04. The van der Waals surface area contributed by atoms with Gasteiger partial charge in [-0.05, 0) is 25.1 Å². The van der Waals surface area contributed by atoms with Crippen molar-refractivity contribution in [3.05, 3.63) is 45.0 Å². The fourth-order valence-corrected chi connectivity index (χ4v) is 2.86. The number of aromatic amines is 1. The van der Waals surface area contributed by atoms with Crippen molar-refractivity contribution < 1.29 is 4.79 Å². The standard InChI is InChI=1S/C16H20N4O3.ClH/c21-14(19-9-3-7-17-8-11-19)6-10-20-16(23)13-5-2-1-4-12(13)15(22)18-20;/h1-2,4-5,17H,3,6-11H2,(H,18,22);1H. The smallest absolute Gasteiger partial charge is 0.273 e. The minimum atomic E-state index is -0.313. The number of carbonyl (C=O) groups is 1. The van der Waals surface area contributed by atoms with Crippen LogP contribution in [0, 0.1) is 0 Å². The maximum Gasteiger partial charge on any atom is 0.273 e. The molecule has 1 aromatic heterocycles. The molecule has 8 heteroatoms. The van der Waals surface area contributed by atoms with Crippen LogP contribution in [0.1, 0.15) is 12.8 Å². The minimum Gasteiger partial charge on any atom is -0.341 e. The average molecular weight is 353 g/mol. The molecule has 1 aliphatic heterocycles. The molecule has 0 saturated carbocycles. The largest absolute Gasteiger partial charge is 0.341 e. The highest BCUT2D eigenvalue weighted by atomic mass is 35.5. The topological polar surface area (TPSA) is 87.2 Å². The van der Waals surface area contributed by atoms with Crippen molar-refractivity contribution in [2.75, 3.05) is 26.2 Å². The second kappa shape index (κ2) is 8.12. The van der Waals surface area contributed by atoms with Crippen LogP contribution in [0.2, 0.25) is 0 Å². The molecule has 3 rings (SSSR count). The summed E-state index contributed by atoms with van der Waals surface area (Å²) in [5, 5.41) is 6.55. The number of halogens is 1. The van der Waals surface area contributed by atoms with E-state index in [0.29, 0.717) is 17.3 Å². The molecule has 24 heavy (non-hydrogen) atoms. The number of rotatable bonds is 3. The zero-order chi connectivity index (χ0) is 16.2. The Morgan fingerprint density at radius 2 is 1.83 bits per heavy atom. The summed E-state index contributed by atoms with van der Waals surface area (Å²) in [7, 11) is 0. The third-order valence-corrected chi connectivity index (χ3v) is 4.13. The van der Waals surface area contributed by atoms with Gasteiger partial charge < -0.3 is 10.2 Å². The van der Waals surface area contributed by atoms with Crippen LogP contribution < -0.4 is 16.4 Å². The van der Waals surface area contributed by atoms with Gasteiger partial charge in [0.2, 0.25) is 5.91 Å². The van der Waals surface area contributed by atoms with Crippen LogP contribution in [-0.4, -0.2) is 46.8 Å². The molecular formula is C16H21ClN4O3. The van der Waals surface area contributed by atoms with Crippen molar-refractivity contribution in [2.24, 2.45) is 0 Å². The summed E-state index contributed by atoms with van der Waals surface area (Å²) >= 11 is 0. The Labute approximate surface area is 145 Å². The first-order chi connectivity index (χ1) is 11.2. The number of nitrogens with one attached hydrogen (secondary N) is 2. The maximum atomic E-state index is 12.4. The quantitative estimate of drug-likeness (QED) is 0.833. The number of carbonyl (C=O) groups excluding carboxylic acids is 1. The molecule has 130 valence electrons. The lowest BCUT2D eigenvalue weighted by molar-refractivity contribution is -0.131. The van der Waals surface area contributed by atoms with Gasteiger partial charge in [0, 0.05) is 26.1 Å². The van der Waals surface area contributed by atoms with Gasteiger partial charge in [0.1, 0.15) is 0 Å². The molecular weight excluding hydrogens is 332 g/mol. The molecule has 1 fully saturated rings. The fourth-order valence-electron chi connectivity index (χ4n) is 2.86. The van der Waals surface area contributed by atoms with Gasteiger partial charge in [0.25, 0.3) is 11.1 Å². The molecule has 0 unspecified atom stereocenters. The Balaban J connectivity index is 0.00000208. The Morgan fingerprint density at radius 1 is 1.08 bits per heavy atom. The van der Waals surface area contributed by atoms with Crippen LogP contribution in [0.25, 0.3) is 10.8 Å². The zero-order valence-electron chi connectivity index (χ0n) is 13.3. The molecule has 2 N–H and O–H groups in total. The summed E-state index contributed by atoms with van der Waals surface area (Å²) in [4.78, 5) is 38.5. The number of nitrogens with zero attached hydrogens (tertiary/aromatic N) is 2. The minimum absolute atomic E-state index is 0. The summed E-state index contributed by atoms with van der Waals surface area (Å²) in [6.45, 7) is 3.30. The van der Waals surface area contributed by atoms with Gasteiger partial charge in [-0.1, -0.05) is 12.1 Å². The van der Waals surface area contributed by atoms with E-state index in [4.69, 9.17) is 0 Å². The van der Waals surface area contributed by atoms with E-state index in [9.17, 15) is 14.4 Å². The van der Waals surface area contributed by atoms with E-state index in [2.05, 4.69) is 10.4 Å². The van der Waals surface area contributed by atoms with Gasteiger partial charge in [-0.25, -0.2) is 4.68 Å². The molecule has 0 bridgehead atoms. The van der Waals surface area contributed by atoms with E-state index in [1.54, 1.807) is 24.3 Å². The first kappa shape index (κ1) is 18.2. The van der Waals surface area contributed by atoms with Gasteiger partial charge in [0.15, 0.2) is 0 Å². The molecule has 0 aliphatic carbocycles. The molecule has 1 aliphatic rings. The van der Waals surface area contributed by atoms with Gasteiger partial charge >= 0.3 is 0 Å². The molecule has 2 aromatic rings. The third-order valence-electron chi connectivity index (χ3n) is 4.13. The molecule has 0 radical (unpaired) electrons. The highest BCUT2D eigenvalue weighted by molar-refractivity contribution is 5.85. The average Bonchev–Trinajstić information content (AvgIpc) is 2.86. The van der Waals surface area contributed by atoms with E-state index < -0.39 is 0 Å². The van der Waals surface area contributed by atoms with Crippen molar-refractivity contribution >= 4 is 29.1 Å². The number of amides is 1. The number of hydrogen-bond acceptors (Lipinski definition) is 4. The highest BCUT2D eigenvalue weighted by Gasteiger charge is 2.15. The summed E-state index contributed by atoms with van der Waals surface area (Å²) in [5.41, 5.74) is -0.586. The predicted molar refractivity (Wildman–Crippen MR) is 94.8 cm³/mol. The fraction of sp³-hybridized carbons (Fsp3) is 0.438. The van der Waals surface area contributed by atoms with Gasteiger partial charge in [-0.15, -0.1) is 12.4 Å². The van der Waals surface area contributed by atoms with E-state index in [1.165, 1.54) is 4.68 Å². The van der Waals surface area contributed by atoms with Gasteiger partial charge in [-0.3, -0.25) is 19.5 Å². The number of aromatic nitrogens is 2. The lowest BCUT2D eigenvalue weighted by atomic mass is 10.2.